The van der Waals surface area contributed by atoms with Gasteiger partial charge in [-0.15, -0.1) is 0 Å². The molecule has 0 bridgehead atoms. The molecule has 0 aliphatic carbocycles. The van der Waals surface area contributed by atoms with Crippen molar-refractivity contribution in [1.29, 1.82) is 0 Å². The molecule has 0 spiro atoms. The smallest absolute Gasteiger partial charge is 0.347 e. The van der Waals surface area contributed by atoms with Crippen LogP contribution in [0.4, 0.5) is 11.4 Å². The fourth-order valence-corrected chi connectivity index (χ4v) is 10.0. The van der Waals surface area contributed by atoms with Gasteiger partial charge in [-0.2, -0.15) is 11.8 Å². The second kappa shape index (κ2) is 20.6. The molecule has 0 saturated carbocycles. The number of rotatable bonds is 14. The van der Waals surface area contributed by atoms with E-state index < -0.39 is 20.7 Å². The van der Waals surface area contributed by atoms with E-state index in [2.05, 4.69) is 47.7 Å². The number of carbonyl (C=O) groups is 2. The summed E-state index contributed by atoms with van der Waals surface area (Å²) in [6.45, 7) is 20.8. The van der Waals surface area contributed by atoms with Gasteiger partial charge in [0.2, 0.25) is 0 Å². The van der Waals surface area contributed by atoms with Crippen molar-refractivity contribution in [2.45, 2.75) is 109 Å². The lowest BCUT2D eigenvalue weighted by Crippen LogP contribution is -2.36. The highest BCUT2D eigenvalue weighted by Crippen LogP contribution is 2.35. The van der Waals surface area contributed by atoms with Gasteiger partial charge in [-0.05, 0) is 70.9 Å². The van der Waals surface area contributed by atoms with E-state index in [1.165, 1.54) is 12.2 Å². The maximum Gasteiger partial charge on any atom is 0.347 e. The predicted octanol–water partition coefficient (Wildman–Crippen LogP) is 8.85. The first-order valence-corrected chi connectivity index (χ1v) is 23.2. The fourth-order valence-electron chi connectivity index (χ4n) is 7.21. The molecule has 3 atom stereocenters. The van der Waals surface area contributed by atoms with Gasteiger partial charge in [-0.1, -0.05) is 65.0 Å². The minimum absolute atomic E-state index is 0.132. The highest BCUT2D eigenvalue weighted by molar-refractivity contribution is 8.00. The molecule has 2 aliphatic heterocycles. The topological polar surface area (TPSA) is 129 Å². The number of nitrogens with one attached hydrogen (secondary N) is 2. The Morgan fingerprint density at radius 1 is 0.897 bits per heavy atom. The van der Waals surface area contributed by atoms with Gasteiger partial charge in [0.1, 0.15) is 16.9 Å². The van der Waals surface area contributed by atoms with Crippen LogP contribution in [0.15, 0.2) is 87.2 Å². The van der Waals surface area contributed by atoms with Crippen LogP contribution in [0.1, 0.15) is 91.4 Å². The highest BCUT2D eigenvalue weighted by atomic mass is 32.2. The first kappa shape index (κ1) is 46.4. The first-order valence-electron chi connectivity index (χ1n) is 20.6. The van der Waals surface area contributed by atoms with Crippen molar-refractivity contribution in [3.8, 4) is 0 Å². The van der Waals surface area contributed by atoms with E-state index in [-0.39, 0.29) is 23.2 Å². The Balaban J connectivity index is 0.000000193. The van der Waals surface area contributed by atoms with Gasteiger partial charge in [-0.25, -0.2) is 13.2 Å². The zero-order valence-electron chi connectivity index (χ0n) is 36.1. The molecule has 0 amide bonds. The number of thioether (sulfide) groups is 1. The van der Waals surface area contributed by atoms with Gasteiger partial charge < -0.3 is 24.9 Å². The fraction of sp³-hybridized carbons (Fsp3) is 0.500. The molecule has 316 valence electrons. The van der Waals surface area contributed by atoms with Gasteiger partial charge in [0.05, 0.1) is 28.1 Å². The van der Waals surface area contributed by atoms with E-state index in [4.69, 9.17) is 4.42 Å². The Hall–Kier alpha value is -4.29. The quantitative estimate of drug-likeness (QED) is 0.0719. The van der Waals surface area contributed by atoms with Crippen LogP contribution in [0.3, 0.4) is 0 Å². The van der Waals surface area contributed by atoms with Crippen molar-refractivity contribution < 1.29 is 22.4 Å². The zero-order valence-corrected chi connectivity index (χ0v) is 37.7. The number of benzene rings is 3. The number of hydrogen-bond acceptors (Lipinski definition) is 11. The summed E-state index contributed by atoms with van der Waals surface area (Å²) in [5.74, 6) is 2.34. The normalized spacial score (nSPS) is 17.3. The summed E-state index contributed by atoms with van der Waals surface area (Å²) in [6, 6.07) is 19.7. The molecule has 2 aliphatic rings. The molecule has 3 aromatic carbocycles. The summed E-state index contributed by atoms with van der Waals surface area (Å²) >= 11 is 2.05. The molecule has 58 heavy (non-hydrogen) atoms. The maximum atomic E-state index is 12.4. The molecule has 6 rings (SSSR count). The van der Waals surface area contributed by atoms with Crippen molar-refractivity contribution in [3.05, 3.63) is 89.0 Å². The highest BCUT2D eigenvalue weighted by Gasteiger charge is 2.40. The molecule has 3 heterocycles. The molecule has 0 radical (unpaired) electrons. The Labute approximate surface area is 350 Å². The third-order valence-corrected chi connectivity index (χ3v) is 14.5. The summed E-state index contributed by atoms with van der Waals surface area (Å²) in [6.07, 6.45) is 4.16. The number of nitrogens with zero attached hydrogens (tertiary/aromatic N) is 2. The molecular formula is C46H64N4O6S2. The Kier molecular flexibility index (Phi) is 16.5. The third kappa shape index (κ3) is 11.3. The average Bonchev–Trinajstić information content (AvgIpc) is 3.74. The van der Waals surface area contributed by atoms with Gasteiger partial charge in [0, 0.05) is 90.0 Å². The molecule has 2 fully saturated rings. The van der Waals surface area contributed by atoms with Gasteiger partial charge >= 0.3 is 5.63 Å². The largest absolute Gasteiger partial charge is 0.422 e. The lowest BCUT2D eigenvalue weighted by atomic mass is 10.00. The minimum atomic E-state index is -3.26. The third-order valence-electron chi connectivity index (χ3n) is 10.7. The van der Waals surface area contributed by atoms with E-state index >= 15 is 0 Å². The Morgan fingerprint density at radius 3 is 2.19 bits per heavy atom. The molecule has 2 N–H and O–H groups in total. The van der Waals surface area contributed by atoms with E-state index in [9.17, 15) is 22.8 Å². The van der Waals surface area contributed by atoms with E-state index in [1.807, 2.05) is 81.4 Å². The number of Topliss-reactive ketones (excluding diaryl/α,β-unsaturated/α-hetero) is 2. The van der Waals surface area contributed by atoms with Crippen LogP contribution < -0.4 is 26.1 Å². The monoisotopic (exact) mass is 832 g/mol. The van der Waals surface area contributed by atoms with Gasteiger partial charge in [0.25, 0.3) is 0 Å². The van der Waals surface area contributed by atoms with Crippen LogP contribution >= 0.6 is 11.8 Å². The minimum Gasteiger partial charge on any atom is -0.422 e. The first-order chi connectivity index (χ1) is 27.4. The number of fused-ring (bicyclic) bond motifs is 3. The average molecular weight is 833 g/mol. The lowest BCUT2D eigenvalue weighted by molar-refractivity contribution is -0.122. The van der Waals surface area contributed by atoms with Crippen LogP contribution in [0.5, 0.6) is 0 Å². The molecule has 0 unspecified atom stereocenters. The number of ketones is 2. The summed E-state index contributed by atoms with van der Waals surface area (Å²) in [4.78, 5) is 40.1. The molecule has 2 saturated heterocycles. The van der Waals surface area contributed by atoms with Crippen molar-refractivity contribution in [3.63, 3.8) is 0 Å². The number of unbranched alkanes of at least 4 members (excludes halogenated alkanes) is 1. The van der Waals surface area contributed by atoms with E-state index in [0.717, 1.165) is 65.7 Å². The molecule has 4 aromatic rings. The lowest BCUT2D eigenvalue weighted by Gasteiger charge is -2.21. The van der Waals surface area contributed by atoms with E-state index in [1.54, 1.807) is 39.8 Å². The summed E-state index contributed by atoms with van der Waals surface area (Å²) < 4.78 is 30.2. The number of hydrogen-bond donors (Lipinski definition) is 2. The Morgan fingerprint density at radius 2 is 1.57 bits per heavy atom. The van der Waals surface area contributed by atoms with Crippen LogP contribution in [-0.4, -0.2) is 75.5 Å². The van der Waals surface area contributed by atoms with E-state index in [0.29, 0.717) is 33.6 Å². The standard InChI is InChI=1S/C17H21NO3.C15H19NO2S.C14H24N2OS/c1-5-18(6-2)13-8-7-12-9-14(16(19)11(3)4)17(20)21-15(12)10-13;1-11(2)19(17,18)15-10-6-7-12-13(15)8-5-9-14(12)16(3)4;1-9(2)12(17)6-4-5-7-13-14-11(8-18-13)15-10(3)16-14/h7-11H,5-6H2,1-4H3;5-11H,1-4H3;9,11,13-16H,3-8H2,1-2H3/t;;11-,13+,14-/m..1/s1. The number of sulfone groups is 1. The molecule has 12 heteroatoms. The molecule has 1 aromatic heterocycles. The second-order valence-corrected chi connectivity index (χ2v) is 19.9. The van der Waals surface area contributed by atoms with Gasteiger partial charge in [-0.3, -0.25) is 9.59 Å². The molecular weight excluding hydrogens is 769 g/mol. The van der Waals surface area contributed by atoms with Crippen LogP contribution in [0.25, 0.3) is 21.7 Å². The van der Waals surface area contributed by atoms with Crippen LogP contribution in [0.2, 0.25) is 0 Å². The van der Waals surface area contributed by atoms with Crippen LogP contribution in [0, 0.1) is 11.8 Å². The Bertz CT molecular complexity index is 2230. The van der Waals surface area contributed by atoms with Crippen molar-refractivity contribution in [2.75, 3.05) is 42.7 Å². The number of anilines is 2. The summed E-state index contributed by atoms with van der Waals surface area (Å²) in [7, 11) is 0.649. The number of carbonyl (C=O) groups excluding carboxylic acids is 2. The van der Waals surface area contributed by atoms with Crippen molar-refractivity contribution in [2.24, 2.45) is 11.8 Å². The van der Waals surface area contributed by atoms with Crippen LogP contribution in [-0.2, 0) is 14.6 Å². The van der Waals surface area contributed by atoms with Crippen molar-refractivity contribution in [1.82, 2.24) is 10.6 Å². The van der Waals surface area contributed by atoms with Crippen molar-refractivity contribution >= 4 is 66.3 Å². The predicted molar refractivity (Wildman–Crippen MR) is 243 cm³/mol. The maximum absolute atomic E-state index is 12.4. The summed E-state index contributed by atoms with van der Waals surface area (Å²) in [5, 5.41) is 9.62. The SMILES string of the molecule is C=C1N[C@H]2[C@H](CCCCC(=O)C(C)C)SC[C@H]2N1.CC(C)S(=O)(=O)c1cccc2c(N(C)C)cccc12.CCN(CC)c1ccc2cc(C(=O)C(C)C)c(=O)oc2c1. The zero-order chi connectivity index (χ0) is 42.9. The molecule has 10 nitrogen and oxygen atoms in total. The van der Waals surface area contributed by atoms with Gasteiger partial charge in [0.15, 0.2) is 15.6 Å². The second-order valence-electron chi connectivity index (χ2n) is 16.1. The summed E-state index contributed by atoms with van der Waals surface area (Å²) in [5.41, 5.74) is 2.13.